The maximum Gasteiger partial charge on any atom is 0.335 e. The standard InChI is InChI=1S/C14H7Cl2NO3/c15-10-5-8(7-17)1-3-12(10)20-13-4-2-9(14(18)19)6-11(13)16/h1-6H,(H,18,19). The number of halogens is 2. The second kappa shape index (κ2) is 5.83. The molecule has 2 rings (SSSR count). The Morgan fingerprint density at radius 3 is 2.20 bits per heavy atom. The summed E-state index contributed by atoms with van der Waals surface area (Å²) < 4.78 is 5.51. The highest BCUT2D eigenvalue weighted by Crippen LogP contribution is 2.34. The molecule has 0 unspecified atom stereocenters. The molecule has 100 valence electrons. The minimum absolute atomic E-state index is 0.0632. The van der Waals surface area contributed by atoms with E-state index in [0.717, 1.165) is 0 Å². The van der Waals surface area contributed by atoms with Gasteiger partial charge in [0.2, 0.25) is 0 Å². The van der Waals surface area contributed by atoms with Crippen molar-refractivity contribution in [3.05, 3.63) is 57.6 Å². The molecular formula is C14H7Cl2NO3. The highest BCUT2D eigenvalue weighted by Gasteiger charge is 2.10. The van der Waals surface area contributed by atoms with Crippen LogP contribution in [-0.2, 0) is 0 Å². The largest absolute Gasteiger partial charge is 0.478 e. The van der Waals surface area contributed by atoms with Crippen LogP contribution in [0.15, 0.2) is 36.4 Å². The molecule has 2 aromatic rings. The van der Waals surface area contributed by atoms with Gasteiger partial charge in [0.25, 0.3) is 0 Å². The number of hydrogen-bond acceptors (Lipinski definition) is 3. The molecule has 1 N–H and O–H groups in total. The van der Waals surface area contributed by atoms with E-state index in [4.69, 9.17) is 38.3 Å². The van der Waals surface area contributed by atoms with Gasteiger partial charge < -0.3 is 9.84 Å². The fraction of sp³-hybridized carbons (Fsp3) is 0. The van der Waals surface area contributed by atoms with Crippen LogP contribution in [0, 0.1) is 11.3 Å². The number of carbonyl (C=O) groups is 1. The van der Waals surface area contributed by atoms with Gasteiger partial charge in [-0.2, -0.15) is 5.26 Å². The molecule has 0 spiro atoms. The van der Waals surface area contributed by atoms with Crippen molar-refractivity contribution in [2.75, 3.05) is 0 Å². The zero-order valence-electron chi connectivity index (χ0n) is 9.93. The molecule has 0 amide bonds. The quantitative estimate of drug-likeness (QED) is 0.914. The molecule has 20 heavy (non-hydrogen) atoms. The highest BCUT2D eigenvalue weighted by atomic mass is 35.5. The average molecular weight is 308 g/mol. The highest BCUT2D eigenvalue weighted by molar-refractivity contribution is 6.33. The van der Waals surface area contributed by atoms with Crippen molar-refractivity contribution >= 4 is 29.2 Å². The Hall–Kier alpha value is -2.22. The van der Waals surface area contributed by atoms with Gasteiger partial charge >= 0.3 is 5.97 Å². The number of carboxylic acid groups (broad SMARTS) is 1. The van der Waals surface area contributed by atoms with E-state index in [0.29, 0.717) is 11.3 Å². The average Bonchev–Trinajstić information content (AvgIpc) is 2.42. The van der Waals surface area contributed by atoms with E-state index in [1.54, 1.807) is 12.1 Å². The molecular weight excluding hydrogens is 301 g/mol. The summed E-state index contributed by atoms with van der Waals surface area (Å²) >= 11 is 11.9. The monoisotopic (exact) mass is 307 g/mol. The minimum atomic E-state index is -1.07. The molecule has 0 aliphatic carbocycles. The van der Waals surface area contributed by atoms with Crippen molar-refractivity contribution < 1.29 is 14.6 Å². The lowest BCUT2D eigenvalue weighted by molar-refractivity contribution is 0.0697. The third-order valence-electron chi connectivity index (χ3n) is 2.46. The van der Waals surface area contributed by atoms with Crippen molar-refractivity contribution in [3.63, 3.8) is 0 Å². The molecule has 0 saturated carbocycles. The summed E-state index contributed by atoms with van der Waals surface area (Å²) in [7, 11) is 0. The Morgan fingerprint density at radius 1 is 1.10 bits per heavy atom. The van der Waals surface area contributed by atoms with Crippen LogP contribution in [0.5, 0.6) is 11.5 Å². The first kappa shape index (κ1) is 14.2. The van der Waals surface area contributed by atoms with Crippen molar-refractivity contribution in [2.24, 2.45) is 0 Å². The van der Waals surface area contributed by atoms with Crippen LogP contribution in [0.2, 0.25) is 10.0 Å². The van der Waals surface area contributed by atoms with Gasteiger partial charge in [0.05, 0.1) is 27.2 Å². The number of rotatable bonds is 3. The number of carboxylic acids is 1. The lowest BCUT2D eigenvalue weighted by atomic mass is 10.2. The van der Waals surface area contributed by atoms with Gasteiger partial charge in [0.15, 0.2) is 0 Å². The lowest BCUT2D eigenvalue weighted by Crippen LogP contribution is -1.96. The zero-order valence-corrected chi connectivity index (χ0v) is 11.4. The van der Waals surface area contributed by atoms with E-state index in [9.17, 15) is 4.79 Å². The molecule has 4 nitrogen and oxygen atoms in total. The summed E-state index contributed by atoms with van der Waals surface area (Å²) in [6, 6.07) is 10.6. The SMILES string of the molecule is N#Cc1ccc(Oc2ccc(C(=O)O)cc2Cl)c(Cl)c1. The van der Waals surface area contributed by atoms with E-state index in [-0.39, 0.29) is 21.4 Å². The van der Waals surface area contributed by atoms with Crippen molar-refractivity contribution in [1.82, 2.24) is 0 Å². The van der Waals surface area contributed by atoms with Crippen LogP contribution in [0.25, 0.3) is 0 Å². The predicted octanol–water partition coefficient (Wildman–Crippen LogP) is 4.36. The van der Waals surface area contributed by atoms with E-state index >= 15 is 0 Å². The van der Waals surface area contributed by atoms with Gasteiger partial charge in [-0.1, -0.05) is 23.2 Å². The van der Waals surface area contributed by atoms with Gasteiger partial charge in [-0.05, 0) is 36.4 Å². The predicted molar refractivity (Wildman–Crippen MR) is 74.7 cm³/mol. The summed E-state index contributed by atoms with van der Waals surface area (Å²) in [5, 5.41) is 18.0. The fourth-order valence-electron chi connectivity index (χ4n) is 1.49. The normalized spacial score (nSPS) is 9.85. The molecule has 0 saturated heterocycles. The van der Waals surface area contributed by atoms with Gasteiger partial charge in [-0.15, -0.1) is 0 Å². The third kappa shape index (κ3) is 3.02. The van der Waals surface area contributed by atoms with E-state index in [2.05, 4.69) is 0 Å². The Balaban J connectivity index is 2.31. The Bertz CT molecular complexity index is 723. The topological polar surface area (TPSA) is 70.3 Å². The number of nitriles is 1. The van der Waals surface area contributed by atoms with Crippen LogP contribution in [-0.4, -0.2) is 11.1 Å². The van der Waals surface area contributed by atoms with Crippen molar-refractivity contribution in [2.45, 2.75) is 0 Å². The smallest absolute Gasteiger partial charge is 0.335 e. The molecule has 2 aromatic carbocycles. The molecule has 0 heterocycles. The van der Waals surface area contributed by atoms with Crippen LogP contribution in [0.4, 0.5) is 0 Å². The maximum atomic E-state index is 10.8. The van der Waals surface area contributed by atoms with Gasteiger partial charge in [0.1, 0.15) is 11.5 Å². The van der Waals surface area contributed by atoms with Crippen LogP contribution < -0.4 is 4.74 Å². The number of aromatic carboxylic acids is 1. The van der Waals surface area contributed by atoms with Gasteiger partial charge in [0, 0.05) is 0 Å². The Morgan fingerprint density at radius 2 is 1.70 bits per heavy atom. The molecule has 0 bridgehead atoms. The summed E-state index contributed by atoms with van der Waals surface area (Å²) in [6.07, 6.45) is 0. The number of ether oxygens (including phenoxy) is 1. The molecule has 6 heteroatoms. The molecule has 0 radical (unpaired) electrons. The summed E-state index contributed by atoms with van der Waals surface area (Å²) in [4.78, 5) is 10.8. The van der Waals surface area contributed by atoms with Gasteiger partial charge in [-0.25, -0.2) is 4.79 Å². The molecule has 0 aliphatic heterocycles. The molecule has 0 aliphatic rings. The molecule has 0 atom stereocenters. The molecule has 0 fully saturated rings. The third-order valence-corrected chi connectivity index (χ3v) is 3.05. The molecule has 0 aromatic heterocycles. The van der Waals surface area contributed by atoms with Crippen LogP contribution >= 0.6 is 23.2 Å². The number of nitrogens with zero attached hydrogens (tertiary/aromatic N) is 1. The zero-order chi connectivity index (χ0) is 14.7. The van der Waals surface area contributed by atoms with E-state index in [1.807, 2.05) is 6.07 Å². The van der Waals surface area contributed by atoms with Gasteiger partial charge in [-0.3, -0.25) is 0 Å². The minimum Gasteiger partial charge on any atom is -0.478 e. The van der Waals surface area contributed by atoms with Crippen molar-refractivity contribution in [3.8, 4) is 17.6 Å². The summed E-state index contributed by atoms with van der Waals surface area (Å²) in [5.41, 5.74) is 0.475. The fourth-order valence-corrected chi connectivity index (χ4v) is 1.93. The first-order chi connectivity index (χ1) is 9.51. The Kier molecular flexibility index (Phi) is 4.14. The Labute approximate surface area is 124 Å². The first-order valence-electron chi connectivity index (χ1n) is 5.41. The second-order valence-corrected chi connectivity index (χ2v) is 4.62. The number of benzene rings is 2. The maximum absolute atomic E-state index is 10.8. The van der Waals surface area contributed by atoms with Crippen LogP contribution in [0.1, 0.15) is 15.9 Å². The van der Waals surface area contributed by atoms with E-state index in [1.165, 1.54) is 24.3 Å². The van der Waals surface area contributed by atoms with Crippen molar-refractivity contribution in [1.29, 1.82) is 5.26 Å². The summed E-state index contributed by atoms with van der Waals surface area (Å²) in [6.45, 7) is 0. The number of hydrogen-bond donors (Lipinski definition) is 1. The van der Waals surface area contributed by atoms with Crippen LogP contribution in [0.3, 0.4) is 0 Å². The van der Waals surface area contributed by atoms with E-state index < -0.39 is 5.97 Å². The summed E-state index contributed by atoms with van der Waals surface area (Å²) in [5.74, 6) is -0.464. The second-order valence-electron chi connectivity index (χ2n) is 3.81. The lowest BCUT2D eigenvalue weighted by Gasteiger charge is -2.09. The first-order valence-corrected chi connectivity index (χ1v) is 6.17.